The number of aldehydes is 1. The maximum Gasteiger partial charge on any atom is 0.139 e. The molecule has 6 atom stereocenters. The number of aliphatic hydroxyl groups excluding tert-OH is 2. The monoisotopic (exact) mass is 479 g/mol. The van der Waals surface area contributed by atoms with Crippen molar-refractivity contribution in [1.82, 2.24) is 5.06 Å². The Morgan fingerprint density at radius 2 is 1.79 bits per heavy atom. The first-order valence-corrected chi connectivity index (χ1v) is 12.8. The lowest BCUT2D eigenvalue weighted by Crippen LogP contribution is -2.65. The Bertz CT molecular complexity index is 718. The molecule has 6 heteroatoms. The number of hydroxylamine groups is 2. The van der Waals surface area contributed by atoms with Crippen LogP contribution in [0.3, 0.4) is 0 Å². The molecule has 0 amide bonds. The summed E-state index contributed by atoms with van der Waals surface area (Å²) in [5, 5.41) is 19.4. The van der Waals surface area contributed by atoms with Gasteiger partial charge >= 0.3 is 0 Å². The molecule has 0 spiro atoms. The highest BCUT2D eigenvalue weighted by Gasteiger charge is 2.65. The largest absolute Gasteiger partial charge is 0.496 e. The fourth-order valence-electron chi connectivity index (χ4n) is 5.93. The molecule has 2 aliphatic carbocycles. The van der Waals surface area contributed by atoms with Crippen molar-refractivity contribution in [3.63, 3.8) is 0 Å². The van der Waals surface area contributed by atoms with Crippen LogP contribution >= 0.6 is 0 Å². The number of aliphatic hydroxyl groups is 2. The number of hydrogen-bond acceptors (Lipinski definition) is 6. The van der Waals surface area contributed by atoms with Crippen molar-refractivity contribution in [1.29, 1.82) is 0 Å². The van der Waals surface area contributed by atoms with Crippen LogP contribution in [0.15, 0.2) is 24.3 Å². The fraction of sp³-hybridized carbons (Fsp3) is 0.750. The number of benzene rings is 1. The molecule has 0 aromatic heterocycles. The molecule has 0 bridgehead atoms. The summed E-state index contributed by atoms with van der Waals surface area (Å²) in [5.74, 6) is 2.65. The molecular formula is C28H49NO5. The van der Waals surface area contributed by atoms with Crippen LogP contribution in [0.25, 0.3) is 0 Å². The summed E-state index contributed by atoms with van der Waals surface area (Å²) >= 11 is 0. The molecular weight excluding hydrogens is 430 g/mol. The van der Waals surface area contributed by atoms with Gasteiger partial charge in [-0.2, -0.15) is 5.06 Å². The number of hydrogen-bond donors (Lipinski definition) is 2. The van der Waals surface area contributed by atoms with Crippen molar-refractivity contribution in [3.05, 3.63) is 29.8 Å². The molecule has 4 rings (SSSR count). The quantitative estimate of drug-likeness (QED) is 0.585. The molecule has 2 saturated carbocycles. The molecule has 3 aliphatic rings. The molecule has 0 radical (unpaired) electrons. The second-order valence-corrected chi connectivity index (χ2v) is 10.1. The standard InChI is InChI=1S/C10H18.C8H15NO4.C8H10O.C2H6/c1-7-9(2,3)8-5-6-10(7,8)4;1-2-9-7(4-11)6(3-10)8(5-12)13-9;1-7-5-3-4-6-8(7)9-2;1-2/h7-8H,5-6H2,1-4H3;4,6-8,10,12H,2-3,5H2,1H3;3-6H,1-2H3;1-2H3/t7-,8-,10?;6-,7+,8?;;/m10../s1. The van der Waals surface area contributed by atoms with Gasteiger partial charge in [0.15, 0.2) is 0 Å². The number of nitrogens with zero attached hydrogens (tertiary/aromatic N) is 1. The number of aryl methyl sites for hydroxylation is 1. The van der Waals surface area contributed by atoms with E-state index in [1.165, 1.54) is 23.5 Å². The zero-order valence-electron chi connectivity index (χ0n) is 22.9. The predicted octanol–water partition coefficient (Wildman–Crippen LogP) is 4.90. The highest BCUT2D eigenvalue weighted by molar-refractivity contribution is 5.58. The maximum atomic E-state index is 10.7. The Morgan fingerprint density at radius 3 is 2.09 bits per heavy atom. The molecule has 1 saturated heterocycles. The lowest BCUT2D eigenvalue weighted by atomic mass is 9.33. The van der Waals surface area contributed by atoms with E-state index >= 15 is 0 Å². The number of carbonyl (C=O) groups excluding carboxylic acids is 1. The van der Waals surface area contributed by atoms with E-state index in [4.69, 9.17) is 19.8 Å². The molecule has 2 N–H and O–H groups in total. The summed E-state index contributed by atoms with van der Waals surface area (Å²) in [6.07, 6.45) is 3.27. The van der Waals surface area contributed by atoms with Crippen LogP contribution in [-0.4, -0.2) is 60.6 Å². The molecule has 34 heavy (non-hydrogen) atoms. The fourth-order valence-corrected chi connectivity index (χ4v) is 5.93. The van der Waals surface area contributed by atoms with Crippen LogP contribution in [0.5, 0.6) is 5.75 Å². The molecule has 6 nitrogen and oxygen atoms in total. The smallest absolute Gasteiger partial charge is 0.139 e. The summed E-state index contributed by atoms with van der Waals surface area (Å²) in [7, 11) is 1.68. The van der Waals surface area contributed by atoms with E-state index in [1.54, 1.807) is 7.11 Å². The normalized spacial score (nSPS) is 32.6. The summed E-state index contributed by atoms with van der Waals surface area (Å²) in [5.41, 5.74) is 2.59. The van der Waals surface area contributed by atoms with E-state index in [1.807, 2.05) is 52.0 Å². The average Bonchev–Trinajstić information content (AvgIpc) is 3.21. The number of para-hydroxylation sites is 1. The zero-order valence-corrected chi connectivity index (χ0v) is 22.9. The van der Waals surface area contributed by atoms with Gasteiger partial charge in [0.25, 0.3) is 0 Å². The minimum atomic E-state index is -0.458. The SMILES string of the molecule is CC.CCN1OC(CO)[C@@H](CO)[C@H]1C=O.COc1ccccc1C.C[C@@H]1C(C)(C)[C@H]2CCC12C. The minimum absolute atomic E-state index is 0.148. The van der Waals surface area contributed by atoms with Gasteiger partial charge in [0.05, 0.1) is 26.4 Å². The first-order chi connectivity index (χ1) is 16.1. The average molecular weight is 480 g/mol. The summed E-state index contributed by atoms with van der Waals surface area (Å²) in [6.45, 7) is 17.9. The van der Waals surface area contributed by atoms with Gasteiger partial charge in [0.2, 0.25) is 0 Å². The number of likely N-dealkylation sites (N-methyl/N-ethyl adjacent to an activating group) is 1. The molecule has 1 aromatic carbocycles. The molecule has 196 valence electrons. The highest BCUT2D eigenvalue weighted by Crippen LogP contribution is 2.73. The van der Waals surface area contributed by atoms with Crippen LogP contribution in [0.1, 0.15) is 66.9 Å². The van der Waals surface area contributed by atoms with Gasteiger partial charge in [-0.15, -0.1) is 0 Å². The van der Waals surface area contributed by atoms with E-state index in [9.17, 15) is 4.79 Å². The summed E-state index contributed by atoms with van der Waals surface area (Å²) < 4.78 is 5.04. The van der Waals surface area contributed by atoms with Crippen molar-refractivity contribution in [2.24, 2.45) is 28.6 Å². The van der Waals surface area contributed by atoms with Crippen molar-refractivity contribution in [3.8, 4) is 5.75 Å². The maximum absolute atomic E-state index is 10.7. The lowest BCUT2D eigenvalue weighted by molar-refractivity contribution is -0.232. The van der Waals surface area contributed by atoms with E-state index in [0.717, 1.165) is 29.3 Å². The zero-order chi connectivity index (χ0) is 26.1. The van der Waals surface area contributed by atoms with E-state index < -0.39 is 12.1 Å². The lowest BCUT2D eigenvalue weighted by Gasteiger charge is -2.72. The third-order valence-electron chi connectivity index (χ3n) is 8.45. The first-order valence-electron chi connectivity index (χ1n) is 12.8. The Hall–Kier alpha value is -1.47. The molecule has 2 unspecified atom stereocenters. The van der Waals surface area contributed by atoms with Crippen LogP contribution in [0, 0.1) is 35.5 Å². The van der Waals surface area contributed by atoms with Crippen molar-refractivity contribution < 1.29 is 24.6 Å². The number of rotatable bonds is 5. The van der Waals surface area contributed by atoms with Crippen LogP contribution in [0.2, 0.25) is 0 Å². The van der Waals surface area contributed by atoms with Crippen molar-refractivity contribution >= 4 is 6.29 Å². The Morgan fingerprint density at radius 1 is 1.18 bits per heavy atom. The van der Waals surface area contributed by atoms with E-state index in [-0.39, 0.29) is 19.1 Å². The topological polar surface area (TPSA) is 79.2 Å². The Kier molecular flexibility index (Phi) is 12.2. The molecule has 3 fully saturated rings. The van der Waals surface area contributed by atoms with Gasteiger partial charge in [-0.25, -0.2) is 0 Å². The summed E-state index contributed by atoms with van der Waals surface area (Å²) in [6, 6.07) is 7.50. The van der Waals surface area contributed by atoms with Gasteiger partial charge in [0.1, 0.15) is 18.1 Å². The third kappa shape index (κ3) is 6.20. The highest BCUT2D eigenvalue weighted by atomic mass is 16.7. The predicted molar refractivity (Wildman–Crippen MR) is 138 cm³/mol. The van der Waals surface area contributed by atoms with E-state index in [2.05, 4.69) is 27.7 Å². The molecule has 1 aromatic rings. The minimum Gasteiger partial charge on any atom is -0.496 e. The molecule has 1 heterocycles. The summed E-state index contributed by atoms with van der Waals surface area (Å²) in [4.78, 5) is 16.0. The Labute approximate surface area is 207 Å². The van der Waals surface area contributed by atoms with Crippen molar-refractivity contribution in [2.45, 2.75) is 80.4 Å². The van der Waals surface area contributed by atoms with Crippen LogP contribution in [0.4, 0.5) is 0 Å². The number of ether oxygens (including phenoxy) is 1. The second-order valence-electron chi connectivity index (χ2n) is 10.1. The van der Waals surface area contributed by atoms with Crippen LogP contribution in [-0.2, 0) is 9.63 Å². The van der Waals surface area contributed by atoms with Gasteiger partial charge in [-0.1, -0.05) is 66.7 Å². The third-order valence-corrected chi connectivity index (χ3v) is 8.45. The second kappa shape index (κ2) is 13.6. The first kappa shape index (κ1) is 30.6. The number of methoxy groups -OCH3 is 1. The van der Waals surface area contributed by atoms with Gasteiger partial charge < -0.3 is 19.7 Å². The number of carbonyl (C=O) groups is 1. The van der Waals surface area contributed by atoms with Gasteiger partial charge in [-0.05, 0) is 54.1 Å². The van der Waals surface area contributed by atoms with Crippen molar-refractivity contribution in [2.75, 3.05) is 26.9 Å². The Balaban J connectivity index is 0.000000250. The van der Waals surface area contributed by atoms with Crippen LogP contribution < -0.4 is 4.74 Å². The van der Waals surface area contributed by atoms with Gasteiger partial charge in [-0.3, -0.25) is 4.84 Å². The van der Waals surface area contributed by atoms with Gasteiger partial charge in [0, 0.05) is 12.5 Å². The van der Waals surface area contributed by atoms with E-state index in [0.29, 0.717) is 12.0 Å². The number of fused-ring (bicyclic) bond motifs is 1. The molecule has 1 aliphatic heterocycles.